The van der Waals surface area contributed by atoms with Gasteiger partial charge in [-0.25, -0.2) is 4.98 Å². The van der Waals surface area contributed by atoms with Crippen molar-refractivity contribution < 1.29 is 14.3 Å². The largest absolute Gasteiger partial charge is 0.439 e. The predicted octanol–water partition coefficient (Wildman–Crippen LogP) is 4.03. The zero-order chi connectivity index (χ0) is 20.5. The molecule has 1 aliphatic rings. The van der Waals surface area contributed by atoms with E-state index in [9.17, 15) is 9.59 Å². The Morgan fingerprint density at radius 2 is 1.86 bits per heavy atom. The Hall–Kier alpha value is -2.89. The van der Waals surface area contributed by atoms with Gasteiger partial charge in [0, 0.05) is 37.8 Å². The normalized spacial score (nSPS) is 14.4. The Bertz CT molecular complexity index is 785. The molecule has 1 fully saturated rings. The van der Waals surface area contributed by atoms with Gasteiger partial charge in [-0.15, -0.1) is 0 Å². The molecule has 0 bridgehead atoms. The van der Waals surface area contributed by atoms with Gasteiger partial charge in [0.2, 0.25) is 11.8 Å². The number of nitrogens with zero attached hydrogens (tertiary/aromatic N) is 2. The lowest BCUT2D eigenvalue weighted by Gasteiger charge is -2.31. The lowest BCUT2D eigenvalue weighted by Crippen LogP contribution is -2.43. The topological polar surface area (TPSA) is 71.5 Å². The van der Waals surface area contributed by atoms with Crippen LogP contribution in [0.4, 0.5) is 0 Å². The summed E-state index contributed by atoms with van der Waals surface area (Å²) in [5.74, 6) is 1.23. The summed E-state index contributed by atoms with van der Waals surface area (Å²) in [6.45, 7) is 4.07. The van der Waals surface area contributed by atoms with Gasteiger partial charge < -0.3 is 15.0 Å². The highest BCUT2D eigenvalue weighted by Crippen LogP contribution is 2.21. The van der Waals surface area contributed by atoms with Crippen molar-refractivity contribution in [2.45, 2.75) is 39.0 Å². The van der Waals surface area contributed by atoms with Crippen LogP contribution < -0.4 is 10.1 Å². The van der Waals surface area contributed by atoms with Gasteiger partial charge in [0.1, 0.15) is 5.75 Å². The maximum atomic E-state index is 12.7. The SMILES string of the molecule is CCCCCNC(=O)C1CCN(C(=O)c2ccc(Oc3ccccc3)nc2)CC1. The first-order chi connectivity index (χ1) is 14.2. The van der Waals surface area contributed by atoms with Crippen LogP contribution in [0.5, 0.6) is 11.6 Å². The smallest absolute Gasteiger partial charge is 0.255 e. The van der Waals surface area contributed by atoms with Gasteiger partial charge in [-0.3, -0.25) is 9.59 Å². The molecule has 0 aliphatic carbocycles. The Labute approximate surface area is 172 Å². The van der Waals surface area contributed by atoms with Gasteiger partial charge in [-0.2, -0.15) is 0 Å². The number of likely N-dealkylation sites (tertiary alicyclic amines) is 1. The molecule has 6 heteroatoms. The monoisotopic (exact) mass is 395 g/mol. The number of ether oxygens (including phenoxy) is 1. The molecule has 0 unspecified atom stereocenters. The number of hydrogen-bond donors (Lipinski definition) is 1. The zero-order valence-electron chi connectivity index (χ0n) is 17.0. The quantitative estimate of drug-likeness (QED) is 0.685. The summed E-state index contributed by atoms with van der Waals surface area (Å²) < 4.78 is 5.67. The second-order valence-corrected chi connectivity index (χ2v) is 7.36. The minimum absolute atomic E-state index is 0.000417. The molecule has 0 saturated carbocycles. The predicted molar refractivity (Wildman–Crippen MR) is 112 cm³/mol. The maximum absolute atomic E-state index is 12.7. The van der Waals surface area contributed by atoms with Gasteiger partial charge in [-0.05, 0) is 37.5 Å². The molecule has 3 rings (SSSR count). The molecule has 154 valence electrons. The van der Waals surface area contributed by atoms with Gasteiger partial charge >= 0.3 is 0 Å². The highest BCUT2D eigenvalue weighted by molar-refractivity contribution is 5.94. The molecule has 1 saturated heterocycles. The third kappa shape index (κ3) is 6.04. The molecule has 6 nitrogen and oxygen atoms in total. The van der Waals surface area contributed by atoms with Crippen LogP contribution in [0.25, 0.3) is 0 Å². The minimum Gasteiger partial charge on any atom is -0.439 e. The summed E-state index contributed by atoms with van der Waals surface area (Å²) >= 11 is 0. The summed E-state index contributed by atoms with van der Waals surface area (Å²) in [6.07, 6.45) is 6.26. The fourth-order valence-corrected chi connectivity index (χ4v) is 3.43. The summed E-state index contributed by atoms with van der Waals surface area (Å²) in [5.41, 5.74) is 0.535. The van der Waals surface area contributed by atoms with Gasteiger partial charge in [0.05, 0.1) is 5.56 Å². The number of piperidine rings is 1. The number of nitrogens with one attached hydrogen (secondary N) is 1. The summed E-state index contributed by atoms with van der Waals surface area (Å²) in [6, 6.07) is 12.8. The molecule has 1 N–H and O–H groups in total. The molecule has 0 spiro atoms. The summed E-state index contributed by atoms with van der Waals surface area (Å²) in [4.78, 5) is 31.0. The number of pyridine rings is 1. The third-order valence-corrected chi connectivity index (χ3v) is 5.18. The fraction of sp³-hybridized carbons (Fsp3) is 0.435. The first kappa shape index (κ1) is 20.8. The fourth-order valence-electron chi connectivity index (χ4n) is 3.43. The van der Waals surface area contributed by atoms with Crippen molar-refractivity contribution in [2.24, 2.45) is 5.92 Å². The van der Waals surface area contributed by atoms with E-state index in [1.54, 1.807) is 23.2 Å². The van der Waals surface area contributed by atoms with E-state index in [-0.39, 0.29) is 17.7 Å². The van der Waals surface area contributed by atoms with E-state index >= 15 is 0 Å². The van der Waals surface area contributed by atoms with Crippen LogP contribution in [-0.4, -0.2) is 41.3 Å². The van der Waals surface area contributed by atoms with Gasteiger partial charge in [0.25, 0.3) is 5.91 Å². The van der Waals surface area contributed by atoms with Crippen LogP contribution in [0, 0.1) is 5.92 Å². The van der Waals surface area contributed by atoms with Crippen LogP contribution >= 0.6 is 0 Å². The Morgan fingerprint density at radius 3 is 2.52 bits per heavy atom. The van der Waals surface area contributed by atoms with Crippen LogP contribution in [0.3, 0.4) is 0 Å². The Kier molecular flexibility index (Phi) is 7.61. The van der Waals surface area contributed by atoms with Crippen molar-refractivity contribution >= 4 is 11.8 Å². The average molecular weight is 396 g/mol. The summed E-state index contributed by atoms with van der Waals surface area (Å²) in [5, 5.41) is 3.02. The van der Waals surface area contributed by atoms with Crippen molar-refractivity contribution in [3.63, 3.8) is 0 Å². The molecule has 0 atom stereocenters. The molecule has 2 amide bonds. The second kappa shape index (κ2) is 10.6. The van der Waals surface area contributed by atoms with E-state index in [2.05, 4.69) is 17.2 Å². The van der Waals surface area contributed by atoms with Crippen molar-refractivity contribution in [1.82, 2.24) is 15.2 Å². The van der Waals surface area contributed by atoms with Crippen LogP contribution in [-0.2, 0) is 4.79 Å². The lowest BCUT2D eigenvalue weighted by molar-refractivity contribution is -0.126. The number of carbonyl (C=O) groups excluding carboxylic acids is 2. The first-order valence-electron chi connectivity index (χ1n) is 10.4. The second-order valence-electron chi connectivity index (χ2n) is 7.36. The standard InChI is InChI=1S/C23H29N3O3/c1-2-3-7-14-24-22(27)18-12-15-26(16-13-18)23(28)19-10-11-21(25-17-19)29-20-8-5-4-6-9-20/h4-6,8-11,17-18H,2-3,7,12-16H2,1H3,(H,24,27). The molecule has 0 radical (unpaired) electrons. The maximum Gasteiger partial charge on any atom is 0.255 e. The lowest BCUT2D eigenvalue weighted by atomic mass is 9.95. The molecule has 1 aromatic heterocycles. The number of para-hydroxylation sites is 1. The highest BCUT2D eigenvalue weighted by Gasteiger charge is 2.27. The number of hydrogen-bond acceptors (Lipinski definition) is 4. The van der Waals surface area contributed by atoms with Crippen LogP contribution in [0.15, 0.2) is 48.7 Å². The molecule has 1 aromatic carbocycles. The van der Waals surface area contributed by atoms with Gasteiger partial charge in [0.15, 0.2) is 0 Å². The minimum atomic E-state index is -0.0504. The van der Waals surface area contributed by atoms with Gasteiger partial charge in [-0.1, -0.05) is 38.0 Å². The molecule has 2 aromatic rings. The number of unbranched alkanes of at least 4 members (excludes halogenated alkanes) is 2. The number of benzene rings is 1. The molecule has 1 aliphatic heterocycles. The molecule has 2 heterocycles. The number of amides is 2. The van der Waals surface area contributed by atoms with E-state index in [1.165, 1.54) is 0 Å². The average Bonchev–Trinajstić information content (AvgIpc) is 2.77. The zero-order valence-corrected chi connectivity index (χ0v) is 17.0. The van der Waals surface area contributed by atoms with E-state index in [4.69, 9.17) is 4.74 Å². The summed E-state index contributed by atoms with van der Waals surface area (Å²) in [7, 11) is 0. The first-order valence-corrected chi connectivity index (χ1v) is 10.4. The number of rotatable bonds is 8. The third-order valence-electron chi connectivity index (χ3n) is 5.18. The Morgan fingerprint density at radius 1 is 1.10 bits per heavy atom. The van der Waals surface area contributed by atoms with E-state index in [0.29, 0.717) is 43.1 Å². The number of carbonyl (C=O) groups is 2. The highest BCUT2D eigenvalue weighted by atomic mass is 16.5. The van der Waals surface area contributed by atoms with E-state index < -0.39 is 0 Å². The van der Waals surface area contributed by atoms with Crippen LogP contribution in [0.2, 0.25) is 0 Å². The van der Waals surface area contributed by atoms with Crippen LogP contribution in [0.1, 0.15) is 49.4 Å². The van der Waals surface area contributed by atoms with E-state index in [0.717, 1.165) is 25.8 Å². The van der Waals surface area contributed by atoms with Crippen molar-refractivity contribution in [3.8, 4) is 11.6 Å². The molecular formula is C23H29N3O3. The Balaban J connectivity index is 1.47. The van der Waals surface area contributed by atoms with Crippen molar-refractivity contribution in [3.05, 3.63) is 54.2 Å². The number of aromatic nitrogens is 1. The van der Waals surface area contributed by atoms with E-state index in [1.807, 2.05) is 30.3 Å². The van der Waals surface area contributed by atoms with Crippen molar-refractivity contribution in [2.75, 3.05) is 19.6 Å². The molecular weight excluding hydrogens is 366 g/mol. The van der Waals surface area contributed by atoms with Crippen molar-refractivity contribution in [1.29, 1.82) is 0 Å². The molecule has 29 heavy (non-hydrogen) atoms.